The van der Waals surface area contributed by atoms with Crippen LogP contribution >= 0.6 is 0 Å². The van der Waals surface area contributed by atoms with Gasteiger partial charge in [0.05, 0.1) is 6.61 Å². The Balaban J connectivity index is 2.93. The minimum atomic E-state index is -4.35. The number of halogens is 3. The first-order chi connectivity index (χ1) is 8.85. The van der Waals surface area contributed by atoms with Crippen LogP contribution in [0.5, 0.6) is 6.01 Å². The van der Waals surface area contributed by atoms with Crippen molar-refractivity contribution in [1.82, 2.24) is 15.0 Å². The lowest BCUT2D eigenvalue weighted by atomic mass is 10.5. The number of nitrogens with two attached hydrogens (primary N) is 1. The molecule has 19 heavy (non-hydrogen) atoms. The summed E-state index contributed by atoms with van der Waals surface area (Å²) in [5, 5.41) is 0. The average molecular weight is 279 g/mol. The van der Waals surface area contributed by atoms with E-state index in [1.54, 1.807) is 6.92 Å². The van der Waals surface area contributed by atoms with E-state index in [1.165, 1.54) is 0 Å². The Morgan fingerprint density at radius 2 is 1.89 bits per heavy atom. The lowest BCUT2D eigenvalue weighted by Gasteiger charge is -2.22. The number of aromatic nitrogens is 3. The van der Waals surface area contributed by atoms with E-state index in [-0.39, 0.29) is 24.5 Å². The molecule has 0 bridgehead atoms. The van der Waals surface area contributed by atoms with Gasteiger partial charge in [-0.15, -0.1) is 0 Å². The highest BCUT2D eigenvalue weighted by Crippen LogP contribution is 2.20. The molecule has 2 N–H and O–H groups in total. The fourth-order valence-corrected chi connectivity index (χ4v) is 1.30. The highest BCUT2D eigenvalue weighted by Gasteiger charge is 2.31. The lowest BCUT2D eigenvalue weighted by Crippen LogP contribution is -2.35. The normalized spacial score (nSPS) is 11.4. The maximum atomic E-state index is 12.4. The van der Waals surface area contributed by atoms with Crippen LogP contribution in [0.2, 0.25) is 0 Å². The molecule has 0 aromatic carbocycles. The molecule has 108 valence electrons. The summed E-state index contributed by atoms with van der Waals surface area (Å²) in [7, 11) is 0. The number of hydrogen-bond acceptors (Lipinski definition) is 6. The van der Waals surface area contributed by atoms with Crippen LogP contribution in [0.3, 0.4) is 0 Å². The SMILES string of the molecule is CCCOc1nc(N)nc(N(CC)CC(F)(F)F)n1. The quantitative estimate of drug-likeness (QED) is 0.852. The second-order valence-electron chi connectivity index (χ2n) is 3.75. The van der Waals surface area contributed by atoms with E-state index in [4.69, 9.17) is 10.5 Å². The number of hydrogen-bond donors (Lipinski definition) is 1. The van der Waals surface area contributed by atoms with Crippen molar-refractivity contribution in [2.45, 2.75) is 26.4 Å². The highest BCUT2D eigenvalue weighted by molar-refractivity contribution is 5.36. The maximum Gasteiger partial charge on any atom is 0.406 e. The fraction of sp³-hybridized carbons (Fsp3) is 0.700. The molecule has 0 saturated carbocycles. The van der Waals surface area contributed by atoms with E-state index in [0.717, 1.165) is 11.3 Å². The predicted octanol–water partition coefficient (Wildman–Crippen LogP) is 1.63. The highest BCUT2D eigenvalue weighted by atomic mass is 19.4. The molecule has 0 amide bonds. The summed E-state index contributed by atoms with van der Waals surface area (Å²) in [5.41, 5.74) is 5.44. The number of nitrogens with zero attached hydrogens (tertiary/aromatic N) is 4. The molecule has 1 aromatic rings. The molecular weight excluding hydrogens is 263 g/mol. The summed E-state index contributed by atoms with van der Waals surface area (Å²) < 4.78 is 42.4. The number of anilines is 2. The van der Waals surface area contributed by atoms with Crippen LogP contribution < -0.4 is 15.4 Å². The Bertz CT molecular complexity index is 413. The number of rotatable bonds is 6. The molecule has 0 aliphatic rings. The van der Waals surface area contributed by atoms with Crippen LogP contribution in [0.4, 0.5) is 25.1 Å². The summed E-state index contributed by atoms with van der Waals surface area (Å²) in [4.78, 5) is 12.2. The predicted molar refractivity (Wildman–Crippen MR) is 64.0 cm³/mol. The van der Waals surface area contributed by atoms with Crippen LogP contribution in [0, 0.1) is 0 Å². The summed E-state index contributed by atoms with van der Waals surface area (Å²) in [6, 6.07) is -0.0648. The van der Waals surface area contributed by atoms with Crippen LogP contribution in [0.1, 0.15) is 20.3 Å². The summed E-state index contributed by atoms with van der Waals surface area (Å²) in [6.45, 7) is 2.75. The number of ether oxygens (including phenoxy) is 1. The van der Waals surface area contributed by atoms with Crippen molar-refractivity contribution in [2.24, 2.45) is 0 Å². The molecule has 0 fully saturated rings. The van der Waals surface area contributed by atoms with Crippen LogP contribution in [-0.2, 0) is 0 Å². The Hall–Kier alpha value is -1.80. The van der Waals surface area contributed by atoms with Crippen molar-refractivity contribution < 1.29 is 17.9 Å². The van der Waals surface area contributed by atoms with Crippen molar-refractivity contribution in [3.63, 3.8) is 0 Å². The standard InChI is InChI=1S/C10H16F3N5O/c1-3-5-19-9-16-7(14)15-8(17-9)18(4-2)6-10(11,12)13/h3-6H2,1-2H3,(H2,14,15,16,17). The molecule has 1 aromatic heterocycles. The van der Waals surface area contributed by atoms with Crippen molar-refractivity contribution in [3.8, 4) is 6.01 Å². The molecule has 0 spiro atoms. The summed E-state index contributed by atoms with van der Waals surface area (Å²) in [6.07, 6.45) is -3.62. The van der Waals surface area contributed by atoms with Gasteiger partial charge in [0, 0.05) is 6.54 Å². The third-order valence-electron chi connectivity index (χ3n) is 2.09. The van der Waals surface area contributed by atoms with Gasteiger partial charge in [-0.05, 0) is 13.3 Å². The molecule has 0 radical (unpaired) electrons. The zero-order valence-electron chi connectivity index (χ0n) is 10.7. The van der Waals surface area contributed by atoms with E-state index in [2.05, 4.69) is 15.0 Å². The molecule has 0 aliphatic heterocycles. The van der Waals surface area contributed by atoms with Gasteiger partial charge in [0.2, 0.25) is 11.9 Å². The summed E-state index contributed by atoms with van der Waals surface area (Å²) in [5.74, 6) is -0.310. The van der Waals surface area contributed by atoms with E-state index < -0.39 is 12.7 Å². The van der Waals surface area contributed by atoms with Gasteiger partial charge >= 0.3 is 12.2 Å². The maximum absolute atomic E-state index is 12.4. The van der Waals surface area contributed by atoms with Crippen LogP contribution in [0.15, 0.2) is 0 Å². The Kier molecular flexibility index (Phi) is 5.13. The van der Waals surface area contributed by atoms with Crippen molar-refractivity contribution in [2.75, 3.05) is 30.3 Å². The van der Waals surface area contributed by atoms with Gasteiger partial charge in [-0.2, -0.15) is 28.1 Å². The Morgan fingerprint density at radius 3 is 2.42 bits per heavy atom. The molecule has 0 saturated heterocycles. The van der Waals surface area contributed by atoms with Gasteiger partial charge < -0.3 is 15.4 Å². The minimum absolute atomic E-state index is 0.0648. The first-order valence-corrected chi connectivity index (χ1v) is 5.81. The van der Waals surface area contributed by atoms with Crippen molar-refractivity contribution >= 4 is 11.9 Å². The van der Waals surface area contributed by atoms with Gasteiger partial charge in [-0.3, -0.25) is 0 Å². The zero-order chi connectivity index (χ0) is 14.5. The Labute approximate surface area is 108 Å². The van der Waals surface area contributed by atoms with Gasteiger partial charge in [0.15, 0.2) is 0 Å². The second kappa shape index (κ2) is 6.39. The summed E-state index contributed by atoms with van der Waals surface area (Å²) >= 11 is 0. The average Bonchev–Trinajstić information content (AvgIpc) is 2.31. The molecular formula is C10H16F3N5O. The van der Waals surface area contributed by atoms with Gasteiger partial charge in [-0.25, -0.2) is 0 Å². The molecule has 9 heteroatoms. The monoisotopic (exact) mass is 279 g/mol. The lowest BCUT2D eigenvalue weighted by molar-refractivity contribution is -0.119. The molecule has 0 aliphatic carbocycles. The van der Waals surface area contributed by atoms with Crippen molar-refractivity contribution in [3.05, 3.63) is 0 Å². The first-order valence-electron chi connectivity index (χ1n) is 5.81. The third-order valence-corrected chi connectivity index (χ3v) is 2.09. The molecule has 6 nitrogen and oxygen atoms in total. The van der Waals surface area contributed by atoms with E-state index in [9.17, 15) is 13.2 Å². The minimum Gasteiger partial charge on any atom is -0.463 e. The van der Waals surface area contributed by atoms with Gasteiger partial charge in [0.25, 0.3) is 0 Å². The third kappa shape index (κ3) is 5.14. The zero-order valence-corrected chi connectivity index (χ0v) is 10.7. The molecule has 0 unspecified atom stereocenters. The van der Waals surface area contributed by atoms with Crippen LogP contribution in [-0.4, -0.2) is 40.8 Å². The van der Waals surface area contributed by atoms with E-state index in [1.807, 2.05) is 6.92 Å². The Morgan fingerprint density at radius 1 is 1.21 bits per heavy atom. The number of nitrogen functional groups attached to an aromatic ring is 1. The van der Waals surface area contributed by atoms with Gasteiger partial charge in [0.1, 0.15) is 6.54 Å². The second-order valence-corrected chi connectivity index (χ2v) is 3.75. The smallest absolute Gasteiger partial charge is 0.406 e. The number of alkyl halides is 3. The molecule has 1 rings (SSSR count). The van der Waals surface area contributed by atoms with E-state index in [0.29, 0.717) is 6.61 Å². The van der Waals surface area contributed by atoms with E-state index >= 15 is 0 Å². The topological polar surface area (TPSA) is 77.2 Å². The largest absolute Gasteiger partial charge is 0.463 e. The fourth-order valence-electron chi connectivity index (χ4n) is 1.30. The van der Waals surface area contributed by atoms with Gasteiger partial charge in [-0.1, -0.05) is 6.92 Å². The first kappa shape index (κ1) is 15.3. The van der Waals surface area contributed by atoms with Crippen LogP contribution in [0.25, 0.3) is 0 Å². The molecule has 1 heterocycles. The van der Waals surface area contributed by atoms with Crippen molar-refractivity contribution in [1.29, 1.82) is 0 Å². The molecule has 0 atom stereocenters.